The molecule has 0 saturated carbocycles. The van der Waals surface area contributed by atoms with E-state index in [1.54, 1.807) is 6.20 Å². The van der Waals surface area contributed by atoms with Crippen LogP contribution in [0.5, 0.6) is 0 Å². The number of carbonyl (C=O) groups excluding carboxylic acids is 1. The van der Waals surface area contributed by atoms with Crippen LogP contribution in [-0.4, -0.2) is 24.0 Å². The zero-order valence-corrected chi connectivity index (χ0v) is 13.7. The third kappa shape index (κ3) is 4.07. The summed E-state index contributed by atoms with van der Waals surface area (Å²) in [5.74, 6) is 0.375. The number of fused-ring (bicyclic) bond motifs is 1. The van der Waals surface area contributed by atoms with Crippen molar-refractivity contribution in [2.45, 2.75) is 13.8 Å². The Hall–Kier alpha value is -1.82. The second kappa shape index (κ2) is 6.76. The van der Waals surface area contributed by atoms with Gasteiger partial charge in [-0.05, 0) is 24.1 Å². The Morgan fingerprint density at radius 3 is 2.90 bits per heavy atom. The molecule has 0 atom stereocenters. The van der Waals surface area contributed by atoms with Gasteiger partial charge in [-0.1, -0.05) is 29.8 Å². The summed E-state index contributed by atoms with van der Waals surface area (Å²) < 4.78 is 0.940. The lowest BCUT2D eigenvalue weighted by molar-refractivity contribution is -0.119. The lowest BCUT2D eigenvalue weighted by Crippen LogP contribution is -2.32. The largest absolute Gasteiger partial charge is 0.396 e. The minimum absolute atomic E-state index is 0.0527. The molecule has 5 nitrogen and oxygen atoms in total. The number of anilines is 2. The summed E-state index contributed by atoms with van der Waals surface area (Å²) in [6, 6.07) is 5.76. The van der Waals surface area contributed by atoms with E-state index in [-0.39, 0.29) is 12.5 Å². The Balaban J connectivity index is 2.16. The maximum Gasteiger partial charge on any atom is 0.239 e. The van der Waals surface area contributed by atoms with E-state index < -0.39 is 0 Å². The Morgan fingerprint density at radius 2 is 2.19 bits per heavy atom. The quantitative estimate of drug-likeness (QED) is 0.774. The zero-order valence-electron chi connectivity index (χ0n) is 12.1. The van der Waals surface area contributed by atoms with E-state index in [0.29, 0.717) is 18.2 Å². The molecule has 0 radical (unpaired) electrons. The smallest absolute Gasteiger partial charge is 0.239 e. The van der Waals surface area contributed by atoms with Crippen LogP contribution in [-0.2, 0) is 4.79 Å². The molecule has 0 bridgehead atoms. The molecule has 1 heterocycles. The van der Waals surface area contributed by atoms with Crippen molar-refractivity contribution in [3.05, 3.63) is 28.9 Å². The molecular formula is C15H19BrN4O. The molecule has 0 aliphatic heterocycles. The third-order valence-electron chi connectivity index (χ3n) is 2.99. The SMILES string of the molecule is CC(C)CNC(=O)CNc1c(N)cnc2ccc(Br)cc12. The molecule has 1 amide bonds. The van der Waals surface area contributed by atoms with Gasteiger partial charge in [0.2, 0.25) is 5.91 Å². The summed E-state index contributed by atoms with van der Waals surface area (Å²) in [7, 11) is 0. The van der Waals surface area contributed by atoms with Gasteiger partial charge in [0.25, 0.3) is 0 Å². The fourth-order valence-electron chi connectivity index (χ4n) is 1.93. The molecule has 0 unspecified atom stereocenters. The first kappa shape index (κ1) is 15.6. The number of pyridine rings is 1. The van der Waals surface area contributed by atoms with Crippen LogP contribution >= 0.6 is 15.9 Å². The van der Waals surface area contributed by atoms with Crippen LogP contribution in [0.25, 0.3) is 10.9 Å². The van der Waals surface area contributed by atoms with E-state index in [2.05, 4.69) is 45.4 Å². The molecule has 0 spiro atoms. The van der Waals surface area contributed by atoms with Crippen LogP contribution in [0.15, 0.2) is 28.9 Å². The van der Waals surface area contributed by atoms with Crippen LogP contribution in [0.1, 0.15) is 13.8 Å². The molecule has 0 aliphatic carbocycles. The van der Waals surface area contributed by atoms with Gasteiger partial charge in [-0.15, -0.1) is 0 Å². The lowest BCUT2D eigenvalue weighted by atomic mass is 10.1. The number of rotatable bonds is 5. The second-order valence-corrected chi connectivity index (χ2v) is 6.22. The number of nitrogen functional groups attached to an aromatic ring is 1. The van der Waals surface area contributed by atoms with Gasteiger partial charge >= 0.3 is 0 Å². The Bertz CT molecular complexity index is 652. The van der Waals surface area contributed by atoms with Crippen molar-refractivity contribution in [3.8, 4) is 0 Å². The number of benzene rings is 1. The highest BCUT2D eigenvalue weighted by Gasteiger charge is 2.09. The van der Waals surface area contributed by atoms with E-state index in [1.807, 2.05) is 18.2 Å². The van der Waals surface area contributed by atoms with E-state index in [0.717, 1.165) is 21.1 Å². The number of hydrogen-bond acceptors (Lipinski definition) is 4. The van der Waals surface area contributed by atoms with Crippen molar-refractivity contribution in [3.63, 3.8) is 0 Å². The van der Waals surface area contributed by atoms with Gasteiger partial charge in [-0.2, -0.15) is 0 Å². The summed E-state index contributed by atoms with van der Waals surface area (Å²) in [6.07, 6.45) is 1.60. The van der Waals surface area contributed by atoms with E-state index >= 15 is 0 Å². The van der Waals surface area contributed by atoms with Crippen molar-refractivity contribution in [1.29, 1.82) is 0 Å². The molecule has 1 aromatic carbocycles. The summed E-state index contributed by atoms with van der Waals surface area (Å²) in [6.45, 7) is 4.96. The van der Waals surface area contributed by atoms with Crippen LogP contribution < -0.4 is 16.4 Å². The maximum absolute atomic E-state index is 11.8. The van der Waals surface area contributed by atoms with Gasteiger partial charge < -0.3 is 16.4 Å². The Morgan fingerprint density at radius 1 is 1.43 bits per heavy atom. The van der Waals surface area contributed by atoms with Gasteiger partial charge in [-0.25, -0.2) is 0 Å². The average Bonchev–Trinajstić information content (AvgIpc) is 2.44. The third-order valence-corrected chi connectivity index (χ3v) is 3.49. The van der Waals surface area contributed by atoms with Gasteiger partial charge in [0, 0.05) is 16.4 Å². The van der Waals surface area contributed by atoms with Crippen molar-refractivity contribution < 1.29 is 4.79 Å². The highest BCUT2D eigenvalue weighted by Crippen LogP contribution is 2.29. The molecule has 2 aromatic rings. The first-order valence-electron chi connectivity index (χ1n) is 6.81. The van der Waals surface area contributed by atoms with Crippen molar-refractivity contribution in [1.82, 2.24) is 10.3 Å². The normalized spacial score (nSPS) is 10.9. The Labute approximate surface area is 132 Å². The van der Waals surface area contributed by atoms with Crippen molar-refractivity contribution in [2.75, 3.05) is 24.1 Å². The minimum atomic E-state index is -0.0527. The molecule has 1 aromatic heterocycles. The van der Waals surface area contributed by atoms with Gasteiger partial charge in [0.1, 0.15) is 0 Å². The van der Waals surface area contributed by atoms with Crippen molar-refractivity contribution >= 4 is 44.1 Å². The number of nitrogens with zero attached hydrogens (tertiary/aromatic N) is 1. The van der Waals surface area contributed by atoms with Crippen LogP contribution in [0.2, 0.25) is 0 Å². The number of nitrogens with one attached hydrogen (secondary N) is 2. The number of amides is 1. The lowest BCUT2D eigenvalue weighted by Gasteiger charge is -2.13. The summed E-state index contributed by atoms with van der Waals surface area (Å²) in [5, 5.41) is 6.86. The van der Waals surface area contributed by atoms with E-state index in [9.17, 15) is 4.79 Å². The standard InChI is InChI=1S/C15H19BrN4O/c1-9(2)6-19-14(21)8-20-15-11-5-10(16)3-4-13(11)18-7-12(15)17/h3-5,7,9H,6,8,17H2,1-2H3,(H,18,20)(H,19,21). The predicted molar refractivity (Wildman–Crippen MR) is 90.2 cm³/mol. The fraction of sp³-hybridized carbons (Fsp3) is 0.333. The second-order valence-electron chi connectivity index (χ2n) is 5.30. The summed E-state index contributed by atoms with van der Waals surface area (Å²) in [4.78, 5) is 16.1. The first-order chi connectivity index (χ1) is 9.97. The summed E-state index contributed by atoms with van der Waals surface area (Å²) in [5.41, 5.74) is 8.07. The molecule has 2 rings (SSSR count). The van der Waals surface area contributed by atoms with Crippen molar-refractivity contribution in [2.24, 2.45) is 5.92 Å². The number of carbonyl (C=O) groups is 1. The molecule has 6 heteroatoms. The highest BCUT2D eigenvalue weighted by molar-refractivity contribution is 9.10. The number of halogens is 1. The summed E-state index contributed by atoms with van der Waals surface area (Å²) >= 11 is 3.44. The molecule has 0 aliphatic rings. The molecular weight excluding hydrogens is 332 g/mol. The highest BCUT2D eigenvalue weighted by atomic mass is 79.9. The minimum Gasteiger partial charge on any atom is -0.396 e. The monoisotopic (exact) mass is 350 g/mol. The Kier molecular flexibility index (Phi) is 5.01. The molecule has 112 valence electrons. The molecule has 4 N–H and O–H groups in total. The molecule has 0 saturated heterocycles. The van der Waals surface area contributed by atoms with Gasteiger partial charge in [0.05, 0.1) is 29.6 Å². The molecule has 21 heavy (non-hydrogen) atoms. The topological polar surface area (TPSA) is 80.0 Å². The zero-order chi connectivity index (χ0) is 15.4. The van der Waals surface area contributed by atoms with Crippen LogP contribution in [0.4, 0.5) is 11.4 Å². The first-order valence-corrected chi connectivity index (χ1v) is 7.61. The average molecular weight is 351 g/mol. The fourth-order valence-corrected chi connectivity index (χ4v) is 2.29. The number of nitrogens with two attached hydrogens (primary N) is 1. The maximum atomic E-state index is 11.8. The van der Waals surface area contributed by atoms with Gasteiger partial charge in [-0.3, -0.25) is 9.78 Å². The molecule has 0 fully saturated rings. The van der Waals surface area contributed by atoms with E-state index in [4.69, 9.17) is 5.73 Å². The van der Waals surface area contributed by atoms with E-state index in [1.165, 1.54) is 0 Å². The van der Waals surface area contributed by atoms with Crippen LogP contribution in [0, 0.1) is 5.92 Å². The van der Waals surface area contributed by atoms with Gasteiger partial charge in [0.15, 0.2) is 0 Å². The number of hydrogen-bond donors (Lipinski definition) is 3. The number of aromatic nitrogens is 1. The van der Waals surface area contributed by atoms with Crippen LogP contribution in [0.3, 0.4) is 0 Å². The predicted octanol–water partition coefficient (Wildman–Crippen LogP) is 2.76.